The molecule has 7 heteroatoms. The SMILES string of the molecule is Cc1occ(C(F)(F)F)c1CNCc1cccc(C(=O)O)c1. The number of carbonyl (C=O) groups is 1. The van der Waals surface area contributed by atoms with Crippen LogP contribution in [-0.4, -0.2) is 11.1 Å². The first-order valence-electron chi connectivity index (χ1n) is 6.46. The average Bonchev–Trinajstić information content (AvgIpc) is 2.80. The van der Waals surface area contributed by atoms with E-state index in [0.29, 0.717) is 11.8 Å². The molecule has 2 N–H and O–H groups in total. The van der Waals surface area contributed by atoms with E-state index in [1.165, 1.54) is 19.1 Å². The number of carboxylic acids is 1. The Labute approximate surface area is 124 Å². The zero-order valence-electron chi connectivity index (χ0n) is 11.7. The van der Waals surface area contributed by atoms with Crippen molar-refractivity contribution < 1.29 is 27.5 Å². The molecule has 0 aliphatic heterocycles. The highest BCUT2D eigenvalue weighted by atomic mass is 19.4. The van der Waals surface area contributed by atoms with E-state index in [1.54, 1.807) is 12.1 Å². The van der Waals surface area contributed by atoms with Crippen LogP contribution in [0.4, 0.5) is 13.2 Å². The van der Waals surface area contributed by atoms with Crippen molar-refractivity contribution in [3.8, 4) is 0 Å². The molecule has 0 fully saturated rings. The van der Waals surface area contributed by atoms with Crippen molar-refractivity contribution in [3.05, 3.63) is 58.5 Å². The molecule has 22 heavy (non-hydrogen) atoms. The Hall–Kier alpha value is -2.28. The third kappa shape index (κ3) is 3.67. The fourth-order valence-corrected chi connectivity index (χ4v) is 2.08. The van der Waals surface area contributed by atoms with Crippen molar-refractivity contribution in [2.24, 2.45) is 0 Å². The molecule has 0 amide bonds. The van der Waals surface area contributed by atoms with Gasteiger partial charge in [-0.25, -0.2) is 4.79 Å². The van der Waals surface area contributed by atoms with Gasteiger partial charge in [0.15, 0.2) is 0 Å². The number of nitrogens with one attached hydrogen (secondary N) is 1. The van der Waals surface area contributed by atoms with E-state index in [4.69, 9.17) is 9.52 Å². The van der Waals surface area contributed by atoms with Gasteiger partial charge in [0.25, 0.3) is 0 Å². The summed E-state index contributed by atoms with van der Waals surface area (Å²) in [6.45, 7) is 1.70. The molecular formula is C15H14F3NO3. The van der Waals surface area contributed by atoms with Crippen molar-refractivity contribution in [1.29, 1.82) is 0 Å². The fourth-order valence-electron chi connectivity index (χ4n) is 2.08. The molecule has 1 heterocycles. The van der Waals surface area contributed by atoms with Gasteiger partial charge in [-0.2, -0.15) is 13.2 Å². The monoisotopic (exact) mass is 313 g/mol. The number of alkyl halides is 3. The van der Waals surface area contributed by atoms with E-state index < -0.39 is 17.7 Å². The minimum Gasteiger partial charge on any atom is -0.478 e. The lowest BCUT2D eigenvalue weighted by molar-refractivity contribution is -0.138. The molecule has 0 radical (unpaired) electrons. The molecule has 2 aromatic rings. The highest BCUT2D eigenvalue weighted by molar-refractivity contribution is 5.87. The van der Waals surface area contributed by atoms with Crippen molar-refractivity contribution in [1.82, 2.24) is 5.32 Å². The van der Waals surface area contributed by atoms with E-state index in [2.05, 4.69) is 5.32 Å². The summed E-state index contributed by atoms with van der Waals surface area (Å²) in [5.41, 5.74) is 0.0723. The standard InChI is InChI=1S/C15H14F3NO3/c1-9-12(13(8-22-9)15(16,17)18)7-19-6-10-3-2-4-11(5-10)14(20)21/h2-5,8,19H,6-7H2,1H3,(H,20,21). The smallest absolute Gasteiger partial charge is 0.419 e. The van der Waals surface area contributed by atoms with Crippen LogP contribution in [0, 0.1) is 6.92 Å². The first kappa shape index (κ1) is 16.1. The zero-order valence-corrected chi connectivity index (χ0v) is 11.7. The van der Waals surface area contributed by atoms with E-state index >= 15 is 0 Å². The molecule has 0 aliphatic rings. The van der Waals surface area contributed by atoms with E-state index in [0.717, 1.165) is 0 Å². The van der Waals surface area contributed by atoms with Gasteiger partial charge in [0, 0.05) is 18.7 Å². The van der Waals surface area contributed by atoms with Gasteiger partial charge in [-0.05, 0) is 24.6 Å². The van der Waals surface area contributed by atoms with Gasteiger partial charge in [-0.15, -0.1) is 0 Å². The van der Waals surface area contributed by atoms with E-state index in [1.807, 2.05) is 0 Å². The minimum atomic E-state index is -4.46. The first-order chi connectivity index (χ1) is 10.3. The topological polar surface area (TPSA) is 62.5 Å². The van der Waals surface area contributed by atoms with Gasteiger partial charge in [0.1, 0.15) is 12.0 Å². The van der Waals surface area contributed by atoms with Crippen LogP contribution in [0.15, 0.2) is 34.9 Å². The molecular weight excluding hydrogens is 299 g/mol. The summed E-state index contributed by atoms with van der Waals surface area (Å²) in [5.74, 6) is -0.842. The number of carboxylic acid groups (broad SMARTS) is 1. The highest BCUT2D eigenvalue weighted by Crippen LogP contribution is 2.34. The number of hydrogen-bond donors (Lipinski definition) is 2. The highest BCUT2D eigenvalue weighted by Gasteiger charge is 2.35. The number of furan rings is 1. The van der Waals surface area contributed by atoms with Crippen molar-refractivity contribution >= 4 is 5.97 Å². The van der Waals surface area contributed by atoms with Crippen LogP contribution in [0.3, 0.4) is 0 Å². The number of rotatable bonds is 5. The van der Waals surface area contributed by atoms with Crippen molar-refractivity contribution in [3.63, 3.8) is 0 Å². The Bertz CT molecular complexity index is 677. The molecule has 2 rings (SSSR count). The normalized spacial score (nSPS) is 11.6. The average molecular weight is 313 g/mol. The molecule has 1 aromatic heterocycles. The number of aryl methyl sites for hydroxylation is 1. The Morgan fingerprint density at radius 3 is 2.68 bits per heavy atom. The maximum atomic E-state index is 12.8. The van der Waals surface area contributed by atoms with Gasteiger partial charge in [0.2, 0.25) is 0 Å². The van der Waals surface area contributed by atoms with Crippen LogP contribution in [0.25, 0.3) is 0 Å². The molecule has 0 atom stereocenters. The summed E-state index contributed by atoms with van der Waals surface area (Å²) in [5, 5.41) is 11.8. The number of halogens is 3. The molecule has 0 saturated carbocycles. The van der Waals surface area contributed by atoms with Crippen LogP contribution in [0.5, 0.6) is 0 Å². The van der Waals surface area contributed by atoms with Crippen LogP contribution >= 0.6 is 0 Å². The second-order valence-corrected chi connectivity index (χ2v) is 4.79. The lowest BCUT2D eigenvalue weighted by Crippen LogP contribution is -2.17. The Morgan fingerprint density at radius 1 is 1.32 bits per heavy atom. The second kappa shape index (κ2) is 6.23. The van der Waals surface area contributed by atoms with Crippen molar-refractivity contribution in [2.75, 3.05) is 0 Å². The Balaban J connectivity index is 2.04. The number of benzene rings is 1. The number of aromatic carboxylic acids is 1. The fraction of sp³-hybridized carbons (Fsp3) is 0.267. The lowest BCUT2D eigenvalue weighted by atomic mass is 10.1. The Kier molecular flexibility index (Phi) is 4.56. The summed E-state index contributed by atoms with van der Waals surface area (Å²) < 4.78 is 43.2. The molecule has 4 nitrogen and oxygen atoms in total. The van der Waals surface area contributed by atoms with Gasteiger partial charge in [-0.3, -0.25) is 0 Å². The predicted octanol–water partition coefficient (Wildman–Crippen LogP) is 3.59. The number of hydrogen-bond acceptors (Lipinski definition) is 3. The van der Waals surface area contributed by atoms with Crippen LogP contribution in [0.1, 0.15) is 32.8 Å². The maximum absolute atomic E-state index is 12.8. The molecule has 0 aliphatic carbocycles. The summed E-state index contributed by atoms with van der Waals surface area (Å²) in [6.07, 6.45) is -3.75. The van der Waals surface area contributed by atoms with Crippen LogP contribution < -0.4 is 5.32 Å². The van der Waals surface area contributed by atoms with Crippen LogP contribution in [0.2, 0.25) is 0 Å². The first-order valence-corrected chi connectivity index (χ1v) is 6.46. The molecule has 0 bridgehead atoms. The predicted molar refractivity (Wildman–Crippen MR) is 72.4 cm³/mol. The lowest BCUT2D eigenvalue weighted by Gasteiger charge is -2.09. The van der Waals surface area contributed by atoms with E-state index in [-0.39, 0.29) is 30.0 Å². The quantitative estimate of drug-likeness (QED) is 0.885. The summed E-state index contributed by atoms with van der Waals surface area (Å²) >= 11 is 0. The van der Waals surface area contributed by atoms with Gasteiger partial charge in [-0.1, -0.05) is 12.1 Å². The summed E-state index contributed by atoms with van der Waals surface area (Å²) in [6, 6.07) is 6.22. The molecule has 0 spiro atoms. The third-order valence-electron chi connectivity index (χ3n) is 3.21. The van der Waals surface area contributed by atoms with Gasteiger partial charge < -0.3 is 14.8 Å². The molecule has 1 aromatic carbocycles. The van der Waals surface area contributed by atoms with E-state index in [9.17, 15) is 18.0 Å². The second-order valence-electron chi connectivity index (χ2n) is 4.79. The Morgan fingerprint density at radius 2 is 2.05 bits per heavy atom. The van der Waals surface area contributed by atoms with Crippen molar-refractivity contribution in [2.45, 2.75) is 26.2 Å². The third-order valence-corrected chi connectivity index (χ3v) is 3.21. The summed E-state index contributed by atoms with van der Waals surface area (Å²) in [4.78, 5) is 10.9. The molecule has 118 valence electrons. The largest absolute Gasteiger partial charge is 0.478 e. The molecule has 0 unspecified atom stereocenters. The maximum Gasteiger partial charge on any atom is 0.419 e. The van der Waals surface area contributed by atoms with Gasteiger partial charge in [0.05, 0.1) is 11.1 Å². The minimum absolute atomic E-state index is 0.0194. The molecule has 0 saturated heterocycles. The van der Waals surface area contributed by atoms with Gasteiger partial charge >= 0.3 is 12.1 Å². The van der Waals surface area contributed by atoms with Crippen LogP contribution in [-0.2, 0) is 19.3 Å². The summed E-state index contributed by atoms with van der Waals surface area (Å²) in [7, 11) is 0. The zero-order chi connectivity index (χ0) is 16.3.